The number of anilines is 1. The van der Waals surface area contributed by atoms with E-state index in [9.17, 15) is 0 Å². The van der Waals surface area contributed by atoms with Crippen molar-refractivity contribution in [2.24, 2.45) is 0 Å². The summed E-state index contributed by atoms with van der Waals surface area (Å²) in [4.78, 5) is 25.6. The van der Waals surface area contributed by atoms with Crippen molar-refractivity contribution in [1.82, 2.24) is 29.9 Å². The summed E-state index contributed by atoms with van der Waals surface area (Å²) in [5.74, 6) is 0.938. The van der Waals surface area contributed by atoms with Crippen LogP contribution in [-0.4, -0.2) is 24.9 Å². The molecule has 7 nitrogen and oxygen atoms in total. The molecule has 0 amide bonds. The van der Waals surface area contributed by atoms with Gasteiger partial charge in [0.1, 0.15) is 11.3 Å². The van der Waals surface area contributed by atoms with Gasteiger partial charge in [0.05, 0.1) is 21.9 Å². The molecule has 0 saturated carbocycles. The second-order valence-electron chi connectivity index (χ2n) is 4.26. The number of pyridine rings is 1. The van der Waals surface area contributed by atoms with Gasteiger partial charge in [0.2, 0.25) is 0 Å². The van der Waals surface area contributed by atoms with Crippen LogP contribution in [0.2, 0.25) is 0 Å². The van der Waals surface area contributed by atoms with Gasteiger partial charge in [-0.3, -0.25) is 4.98 Å². The van der Waals surface area contributed by atoms with Crippen molar-refractivity contribution >= 4 is 50.3 Å². The van der Waals surface area contributed by atoms with E-state index in [-0.39, 0.29) is 32.7 Å². The number of thiazole rings is 1. The summed E-state index contributed by atoms with van der Waals surface area (Å²) in [5.41, 5.74) is 7.76. The average Bonchev–Trinajstić information content (AvgIpc) is 3.01. The SMILES string of the molecule is Cc1nc(N)c2nc(Sc3nc4cnccc4s3)[n-]c2n1.[Y]. The minimum absolute atomic E-state index is 0. The van der Waals surface area contributed by atoms with Crippen molar-refractivity contribution in [3.63, 3.8) is 0 Å². The van der Waals surface area contributed by atoms with Gasteiger partial charge in [-0.1, -0.05) is 11.8 Å². The number of rotatable bonds is 2. The van der Waals surface area contributed by atoms with Gasteiger partial charge in [0.15, 0.2) is 4.34 Å². The molecule has 10 heteroatoms. The number of fused-ring (bicyclic) bond motifs is 2. The maximum Gasteiger partial charge on any atom is 0.156 e. The van der Waals surface area contributed by atoms with E-state index >= 15 is 0 Å². The van der Waals surface area contributed by atoms with Crippen LogP contribution >= 0.6 is 23.1 Å². The third-order valence-electron chi connectivity index (χ3n) is 2.76. The van der Waals surface area contributed by atoms with Gasteiger partial charge in [-0.15, -0.1) is 11.3 Å². The predicted molar refractivity (Wildman–Crippen MR) is 81.3 cm³/mol. The molecular formula is C12H8N7S2Y-. The Kier molecular flexibility index (Phi) is 4.40. The summed E-state index contributed by atoms with van der Waals surface area (Å²) in [5, 5.41) is 0.573. The Morgan fingerprint density at radius 3 is 2.91 bits per heavy atom. The zero-order valence-electron chi connectivity index (χ0n) is 11.4. The van der Waals surface area contributed by atoms with Crippen LogP contribution in [0.5, 0.6) is 0 Å². The molecule has 2 N–H and O–H groups in total. The predicted octanol–water partition coefficient (Wildman–Crippen LogP) is 2.03. The van der Waals surface area contributed by atoms with Crippen molar-refractivity contribution in [3.8, 4) is 0 Å². The number of aryl methyl sites for hydroxylation is 1. The molecule has 0 aliphatic carbocycles. The zero-order valence-corrected chi connectivity index (χ0v) is 15.9. The molecule has 0 spiro atoms. The molecule has 0 saturated heterocycles. The Hall–Kier alpha value is -1.16. The van der Waals surface area contributed by atoms with Gasteiger partial charge in [0, 0.05) is 50.1 Å². The van der Waals surface area contributed by atoms with E-state index < -0.39 is 0 Å². The fourth-order valence-electron chi connectivity index (χ4n) is 1.90. The molecule has 0 bridgehead atoms. The van der Waals surface area contributed by atoms with E-state index in [1.165, 1.54) is 11.8 Å². The smallest absolute Gasteiger partial charge is 0.156 e. The minimum Gasteiger partial charge on any atom is -0.383 e. The normalized spacial score (nSPS) is 11.0. The summed E-state index contributed by atoms with van der Waals surface area (Å²) in [6.07, 6.45) is 3.49. The maximum atomic E-state index is 5.84. The first-order chi connectivity index (χ1) is 10.2. The maximum absolute atomic E-state index is 5.84. The van der Waals surface area contributed by atoms with Crippen LogP contribution in [0, 0.1) is 6.92 Å². The van der Waals surface area contributed by atoms with Crippen molar-refractivity contribution in [1.29, 1.82) is 0 Å². The van der Waals surface area contributed by atoms with E-state index in [1.54, 1.807) is 30.7 Å². The Morgan fingerprint density at radius 1 is 1.23 bits per heavy atom. The quantitative estimate of drug-likeness (QED) is 0.542. The Balaban J connectivity index is 0.00000144. The molecule has 4 heterocycles. The number of hydrogen-bond acceptors (Lipinski definition) is 8. The summed E-state index contributed by atoms with van der Waals surface area (Å²) in [6.45, 7) is 1.78. The van der Waals surface area contributed by atoms with Gasteiger partial charge in [-0.25, -0.2) is 9.97 Å². The van der Waals surface area contributed by atoms with E-state index in [0.717, 1.165) is 14.6 Å². The second kappa shape index (κ2) is 6.15. The van der Waals surface area contributed by atoms with Crippen LogP contribution in [0.1, 0.15) is 5.82 Å². The number of nitrogen functional groups attached to an aromatic ring is 1. The first-order valence-corrected chi connectivity index (χ1v) is 7.65. The fraction of sp³-hybridized carbons (Fsp3) is 0.0833. The van der Waals surface area contributed by atoms with E-state index in [4.69, 9.17) is 5.73 Å². The van der Waals surface area contributed by atoms with Crippen LogP contribution in [0.3, 0.4) is 0 Å². The molecular weight excluding hydrogens is 395 g/mol. The molecule has 0 aromatic carbocycles. The zero-order chi connectivity index (χ0) is 14.4. The summed E-state index contributed by atoms with van der Waals surface area (Å²) >= 11 is 2.96. The molecule has 0 atom stereocenters. The van der Waals surface area contributed by atoms with Crippen LogP contribution in [0.25, 0.3) is 21.4 Å². The van der Waals surface area contributed by atoms with Crippen LogP contribution in [0.15, 0.2) is 28.0 Å². The number of hydrogen-bond donors (Lipinski definition) is 1. The number of aromatic nitrogens is 6. The molecule has 4 aromatic rings. The molecule has 1 radical (unpaired) electrons. The van der Waals surface area contributed by atoms with Crippen LogP contribution in [-0.2, 0) is 32.7 Å². The van der Waals surface area contributed by atoms with Crippen molar-refractivity contribution < 1.29 is 32.7 Å². The number of imidazole rings is 1. The van der Waals surface area contributed by atoms with Gasteiger partial charge < -0.3 is 20.7 Å². The minimum atomic E-state index is 0. The summed E-state index contributed by atoms with van der Waals surface area (Å²) in [7, 11) is 0. The molecule has 0 aliphatic rings. The first kappa shape index (κ1) is 15.7. The van der Waals surface area contributed by atoms with Crippen LogP contribution < -0.4 is 10.7 Å². The monoisotopic (exact) mass is 403 g/mol. The molecule has 4 rings (SSSR count). The van der Waals surface area contributed by atoms with Gasteiger partial charge in [-0.2, -0.15) is 0 Å². The number of nitrogens with zero attached hydrogens (tertiary/aromatic N) is 6. The van der Waals surface area contributed by atoms with Crippen molar-refractivity contribution in [3.05, 3.63) is 24.3 Å². The van der Waals surface area contributed by atoms with Crippen molar-refractivity contribution in [2.75, 3.05) is 5.73 Å². The molecule has 107 valence electrons. The first-order valence-electron chi connectivity index (χ1n) is 6.02. The summed E-state index contributed by atoms with van der Waals surface area (Å²) < 4.78 is 1.94. The molecule has 0 fully saturated rings. The van der Waals surface area contributed by atoms with Gasteiger partial charge >= 0.3 is 0 Å². The topological polar surface area (TPSA) is 105 Å². The van der Waals surface area contributed by atoms with Gasteiger partial charge in [0.25, 0.3) is 0 Å². The standard InChI is InChI=1S/C12H8N7S2.Y/c1-5-15-9(13)8-10(16-5)19-11(18-8)21-12-17-6-4-14-3-2-7(6)20-12;/h2-4H,1H3,(H2-,13,15,16,18,19);/q-1;. The number of nitrogens with two attached hydrogens (primary N) is 1. The summed E-state index contributed by atoms with van der Waals surface area (Å²) in [6, 6.07) is 1.94. The van der Waals surface area contributed by atoms with E-state index in [0.29, 0.717) is 28.0 Å². The van der Waals surface area contributed by atoms with Crippen molar-refractivity contribution in [2.45, 2.75) is 16.4 Å². The second-order valence-corrected chi connectivity index (χ2v) is 6.50. The molecule has 0 unspecified atom stereocenters. The van der Waals surface area contributed by atoms with Crippen LogP contribution in [0.4, 0.5) is 5.82 Å². The third kappa shape index (κ3) is 2.85. The Morgan fingerprint density at radius 2 is 2.09 bits per heavy atom. The Bertz CT molecular complexity index is 932. The largest absolute Gasteiger partial charge is 0.383 e. The fourth-order valence-corrected chi connectivity index (χ4v) is 3.79. The Labute approximate surface area is 158 Å². The molecule has 4 aromatic heterocycles. The molecule has 22 heavy (non-hydrogen) atoms. The van der Waals surface area contributed by atoms with E-state index in [2.05, 4.69) is 29.9 Å². The molecule has 0 aliphatic heterocycles. The average molecular weight is 403 g/mol. The van der Waals surface area contributed by atoms with E-state index in [1.807, 2.05) is 6.07 Å². The van der Waals surface area contributed by atoms with Gasteiger partial charge in [-0.05, 0) is 13.0 Å². The third-order valence-corrected chi connectivity index (χ3v) is 4.72.